The van der Waals surface area contributed by atoms with E-state index in [2.05, 4.69) is 10.3 Å². The van der Waals surface area contributed by atoms with E-state index in [1.807, 2.05) is 24.3 Å². The summed E-state index contributed by atoms with van der Waals surface area (Å²) in [4.78, 5) is 39.6. The Hall–Kier alpha value is -3.41. The number of ether oxygens (including phenoxy) is 1. The highest BCUT2D eigenvalue weighted by Gasteiger charge is 2.21. The smallest absolute Gasteiger partial charge is 0.355 e. The second-order valence-electron chi connectivity index (χ2n) is 6.90. The van der Waals surface area contributed by atoms with Gasteiger partial charge in [-0.2, -0.15) is 0 Å². The molecule has 3 aromatic rings. The molecule has 1 atom stereocenters. The lowest BCUT2D eigenvalue weighted by Crippen LogP contribution is -2.24. The van der Waals surface area contributed by atoms with Crippen molar-refractivity contribution in [1.29, 1.82) is 0 Å². The fraction of sp³-hybridized carbons (Fsp3) is 0.227. The first-order valence-electron chi connectivity index (χ1n) is 9.09. The van der Waals surface area contributed by atoms with Crippen molar-refractivity contribution in [1.82, 2.24) is 4.98 Å². The zero-order valence-electron chi connectivity index (χ0n) is 16.0. The topological polar surface area (TPSA) is 88.3 Å². The van der Waals surface area contributed by atoms with E-state index in [-0.39, 0.29) is 17.6 Å². The van der Waals surface area contributed by atoms with Gasteiger partial charge in [-0.05, 0) is 43.3 Å². The van der Waals surface area contributed by atoms with Crippen molar-refractivity contribution in [2.75, 3.05) is 5.32 Å². The molecule has 0 aliphatic rings. The fourth-order valence-corrected chi connectivity index (χ4v) is 2.70. The third-order valence-corrected chi connectivity index (χ3v) is 4.36. The summed E-state index contributed by atoms with van der Waals surface area (Å²) in [6, 6.07) is 15.7. The van der Waals surface area contributed by atoms with Gasteiger partial charge in [0.05, 0.1) is 0 Å². The van der Waals surface area contributed by atoms with E-state index < -0.39 is 12.1 Å². The number of esters is 1. The van der Waals surface area contributed by atoms with Crippen molar-refractivity contribution in [3.63, 3.8) is 0 Å². The van der Waals surface area contributed by atoms with E-state index in [1.54, 1.807) is 44.2 Å². The second kappa shape index (κ2) is 8.08. The van der Waals surface area contributed by atoms with Crippen LogP contribution in [0.4, 0.5) is 5.69 Å². The minimum atomic E-state index is -0.935. The molecule has 0 saturated heterocycles. The average molecular weight is 378 g/mol. The van der Waals surface area contributed by atoms with Gasteiger partial charge in [0, 0.05) is 28.1 Å². The van der Waals surface area contributed by atoms with Crippen molar-refractivity contribution in [3.8, 4) is 0 Å². The molecule has 6 nitrogen and oxygen atoms in total. The molecule has 2 N–H and O–H groups in total. The number of anilines is 1. The molecule has 0 bridgehead atoms. The number of aromatic amines is 1. The number of H-pyrrole nitrogens is 1. The maximum Gasteiger partial charge on any atom is 0.355 e. The average Bonchev–Trinajstić information content (AvgIpc) is 3.12. The van der Waals surface area contributed by atoms with E-state index in [0.717, 1.165) is 10.9 Å². The van der Waals surface area contributed by atoms with Gasteiger partial charge in [-0.25, -0.2) is 4.79 Å². The van der Waals surface area contributed by atoms with Crippen molar-refractivity contribution >= 4 is 34.3 Å². The monoisotopic (exact) mass is 378 g/mol. The Bertz CT molecular complexity index is 985. The molecular weight excluding hydrogens is 356 g/mol. The first-order valence-corrected chi connectivity index (χ1v) is 9.09. The second-order valence-corrected chi connectivity index (χ2v) is 6.90. The Labute approximate surface area is 162 Å². The number of hydrogen-bond donors (Lipinski definition) is 2. The quantitative estimate of drug-likeness (QED) is 0.497. The Kier molecular flexibility index (Phi) is 5.59. The third kappa shape index (κ3) is 4.28. The van der Waals surface area contributed by atoms with Crippen LogP contribution in [0.1, 0.15) is 41.6 Å². The van der Waals surface area contributed by atoms with Crippen molar-refractivity contribution in [3.05, 3.63) is 65.9 Å². The Morgan fingerprint density at radius 1 is 0.964 bits per heavy atom. The Balaban J connectivity index is 1.65. The SMILES string of the molecule is CC(C)C(=O)Nc1ccc(C(=O)C(C)OC(=O)c2cc3ccccc3[nH]2)cc1. The van der Waals surface area contributed by atoms with Crippen LogP contribution in [-0.4, -0.2) is 28.7 Å². The van der Waals surface area contributed by atoms with Gasteiger partial charge in [0.2, 0.25) is 11.7 Å². The number of benzene rings is 2. The Morgan fingerprint density at radius 2 is 1.64 bits per heavy atom. The van der Waals surface area contributed by atoms with Crippen LogP contribution >= 0.6 is 0 Å². The van der Waals surface area contributed by atoms with Crippen LogP contribution in [0.2, 0.25) is 0 Å². The van der Waals surface area contributed by atoms with E-state index in [1.165, 1.54) is 6.92 Å². The van der Waals surface area contributed by atoms with Crippen LogP contribution in [-0.2, 0) is 9.53 Å². The number of nitrogens with one attached hydrogen (secondary N) is 2. The Morgan fingerprint density at radius 3 is 2.29 bits per heavy atom. The molecule has 0 radical (unpaired) electrons. The van der Waals surface area contributed by atoms with Crippen LogP contribution < -0.4 is 5.32 Å². The van der Waals surface area contributed by atoms with E-state index in [0.29, 0.717) is 16.9 Å². The molecule has 2 aromatic carbocycles. The highest BCUT2D eigenvalue weighted by molar-refractivity contribution is 6.02. The molecule has 0 spiro atoms. The van der Waals surface area contributed by atoms with Gasteiger partial charge in [-0.15, -0.1) is 0 Å². The first kappa shape index (κ1) is 19.4. The van der Waals surface area contributed by atoms with Crippen LogP contribution in [0, 0.1) is 5.92 Å². The number of aromatic nitrogens is 1. The summed E-state index contributed by atoms with van der Waals surface area (Å²) in [6.45, 7) is 5.14. The highest BCUT2D eigenvalue weighted by Crippen LogP contribution is 2.17. The highest BCUT2D eigenvalue weighted by atomic mass is 16.5. The molecule has 0 aliphatic carbocycles. The summed E-state index contributed by atoms with van der Waals surface area (Å²) in [5.41, 5.74) is 2.14. The summed E-state index contributed by atoms with van der Waals surface area (Å²) in [5.74, 6) is -1.13. The summed E-state index contributed by atoms with van der Waals surface area (Å²) in [7, 11) is 0. The van der Waals surface area contributed by atoms with Crippen molar-refractivity contribution in [2.45, 2.75) is 26.9 Å². The van der Waals surface area contributed by atoms with Gasteiger partial charge >= 0.3 is 5.97 Å². The molecule has 6 heteroatoms. The molecule has 1 aromatic heterocycles. The number of carbonyl (C=O) groups excluding carboxylic acids is 3. The maximum absolute atomic E-state index is 12.6. The predicted octanol–water partition coefficient (Wildman–Crippen LogP) is 4.19. The van der Waals surface area contributed by atoms with E-state index in [4.69, 9.17) is 4.74 Å². The largest absolute Gasteiger partial charge is 0.450 e. The number of carbonyl (C=O) groups is 3. The lowest BCUT2D eigenvalue weighted by molar-refractivity contribution is -0.118. The maximum atomic E-state index is 12.6. The molecule has 1 amide bonds. The van der Waals surface area contributed by atoms with Gasteiger partial charge in [-0.1, -0.05) is 32.0 Å². The van der Waals surface area contributed by atoms with Gasteiger partial charge in [0.25, 0.3) is 0 Å². The minimum Gasteiger partial charge on any atom is -0.450 e. The van der Waals surface area contributed by atoms with Crippen LogP contribution in [0.3, 0.4) is 0 Å². The number of fused-ring (bicyclic) bond motifs is 1. The van der Waals surface area contributed by atoms with Gasteiger partial charge in [0.1, 0.15) is 5.69 Å². The zero-order valence-corrected chi connectivity index (χ0v) is 16.0. The van der Waals surface area contributed by atoms with Crippen molar-refractivity contribution < 1.29 is 19.1 Å². The molecule has 28 heavy (non-hydrogen) atoms. The number of para-hydroxylation sites is 1. The van der Waals surface area contributed by atoms with Gasteiger partial charge < -0.3 is 15.0 Å². The van der Waals surface area contributed by atoms with Crippen molar-refractivity contribution in [2.24, 2.45) is 5.92 Å². The molecule has 3 rings (SSSR count). The number of rotatable bonds is 6. The molecule has 0 saturated carbocycles. The fourth-order valence-electron chi connectivity index (χ4n) is 2.70. The van der Waals surface area contributed by atoms with Crippen LogP contribution in [0.5, 0.6) is 0 Å². The number of Topliss-reactive ketones (excluding diaryl/α,β-unsaturated/α-hetero) is 1. The van der Waals surface area contributed by atoms with Crippen LogP contribution in [0.25, 0.3) is 10.9 Å². The van der Waals surface area contributed by atoms with E-state index in [9.17, 15) is 14.4 Å². The summed E-state index contributed by atoms with van der Waals surface area (Å²) in [6.07, 6.45) is -0.935. The standard InChI is InChI=1S/C22H22N2O4/c1-13(2)21(26)23-17-10-8-15(9-11-17)20(25)14(3)28-22(27)19-12-16-6-4-5-7-18(16)24-19/h4-14,24H,1-3H3,(H,23,26). The third-order valence-electron chi connectivity index (χ3n) is 4.36. The summed E-state index contributed by atoms with van der Waals surface area (Å²) >= 11 is 0. The lowest BCUT2D eigenvalue weighted by atomic mass is 10.1. The van der Waals surface area contributed by atoms with Gasteiger partial charge in [-0.3, -0.25) is 9.59 Å². The summed E-state index contributed by atoms with van der Waals surface area (Å²) < 4.78 is 5.32. The van der Waals surface area contributed by atoms with E-state index >= 15 is 0 Å². The number of ketones is 1. The van der Waals surface area contributed by atoms with Gasteiger partial charge in [0.15, 0.2) is 6.10 Å². The van der Waals surface area contributed by atoms with Crippen LogP contribution in [0.15, 0.2) is 54.6 Å². The summed E-state index contributed by atoms with van der Waals surface area (Å²) in [5, 5.41) is 3.66. The molecule has 0 fully saturated rings. The zero-order chi connectivity index (χ0) is 20.3. The minimum absolute atomic E-state index is 0.0975. The predicted molar refractivity (Wildman–Crippen MR) is 107 cm³/mol. The number of hydrogen-bond acceptors (Lipinski definition) is 4. The lowest BCUT2D eigenvalue weighted by Gasteiger charge is -2.12. The molecule has 1 unspecified atom stereocenters. The number of amides is 1. The first-order chi connectivity index (χ1) is 13.3. The molecule has 0 aliphatic heterocycles. The normalized spacial score (nSPS) is 12.0. The molecule has 1 heterocycles. The molecular formula is C22H22N2O4. The molecule has 144 valence electrons.